The van der Waals surface area contributed by atoms with Crippen molar-refractivity contribution in [1.29, 1.82) is 0 Å². The molecule has 1 aromatic rings. The maximum Gasteiger partial charge on any atom is 0.276 e. The van der Waals surface area contributed by atoms with Crippen LogP contribution in [0.1, 0.15) is 5.76 Å². The summed E-state index contributed by atoms with van der Waals surface area (Å²) in [6, 6.07) is 3.19. The monoisotopic (exact) mass is 266 g/mol. The van der Waals surface area contributed by atoms with Gasteiger partial charge in [0.05, 0.1) is 0 Å². The van der Waals surface area contributed by atoms with Crippen LogP contribution < -0.4 is 5.32 Å². The summed E-state index contributed by atoms with van der Waals surface area (Å²) in [5.41, 5.74) is 0. The molecule has 0 spiro atoms. The van der Waals surface area contributed by atoms with Gasteiger partial charge in [0.25, 0.3) is 10.0 Å². The fourth-order valence-corrected chi connectivity index (χ4v) is 2.72. The Balaban J connectivity index is 0.00000128. The molecule has 92 valence electrons. The first kappa shape index (κ1) is 13.5. The summed E-state index contributed by atoms with van der Waals surface area (Å²) < 4.78 is 30.5. The molecule has 0 aliphatic carbocycles. The predicted molar refractivity (Wildman–Crippen MR) is 62.3 cm³/mol. The van der Waals surface area contributed by atoms with Gasteiger partial charge in [0.1, 0.15) is 5.76 Å². The maximum absolute atomic E-state index is 12.0. The fraction of sp³-hybridized carbons (Fsp3) is 0.556. The van der Waals surface area contributed by atoms with Gasteiger partial charge >= 0.3 is 0 Å². The molecular weight excluding hydrogens is 252 g/mol. The van der Waals surface area contributed by atoms with Gasteiger partial charge in [-0.15, -0.1) is 12.4 Å². The van der Waals surface area contributed by atoms with E-state index in [1.165, 1.54) is 10.4 Å². The van der Waals surface area contributed by atoms with Crippen molar-refractivity contribution in [2.24, 2.45) is 0 Å². The van der Waals surface area contributed by atoms with Crippen LogP contribution in [0.25, 0.3) is 0 Å². The lowest BCUT2D eigenvalue weighted by molar-refractivity contribution is 0.267. The maximum atomic E-state index is 12.0. The molecule has 1 saturated heterocycles. The number of aryl methyl sites for hydroxylation is 1. The lowest BCUT2D eigenvalue weighted by atomic mass is 10.2. The highest BCUT2D eigenvalue weighted by Crippen LogP contribution is 2.20. The Hall–Kier alpha value is -0.560. The van der Waals surface area contributed by atoms with Crippen LogP contribution >= 0.6 is 12.4 Å². The number of hydrogen-bond acceptors (Lipinski definition) is 4. The van der Waals surface area contributed by atoms with Crippen molar-refractivity contribution in [1.82, 2.24) is 9.62 Å². The predicted octanol–water partition coefficient (Wildman–Crippen LogP) is 0.602. The second kappa shape index (κ2) is 4.75. The first-order valence-corrected chi connectivity index (χ1v) is 6.21. The lowest BCUT2D eigenvalue weighted by Crippen LogP contribution is -2.57. The Kier molecular flexibility index (Phi) is 4.01. The van der Waals surface area contributed by atoms with E-state index in [1.54, 1.807) is 20.0 Å². The molecule has 2 heterocycles. The summed E-state index contributed by atoms with van der Waals surface area (Å²) in [7, 11) is -1.87. The molecule has 0 bridgehead atoms. The van der Waals surface area contributed by atoms with Crippen LogP contribution in [0.2, 0.25) is 0 Å². The number of likely N-dealkylation sites (N-methyl/N-ethyl adjacent to an activating group) is 1. The van der Waals surface area contributed by atoms with E-state index in [0.29, 0.717) is 18.8 Å². The van der Waals surface area contributed by atoms with E-state index in [0.717, 1.165) is 0 Å². The molecule has 7 heteroatoms. The number of nitrogens with zero attached hydrogens (tertiary/aromatic N) is 1. The zero-order chi connectivity index (χ0) is 11.1. The van der Waals surface area contributed by atoms with Gasteiger partial charge in [0, 0.05) is 26.2 Å². The second-order valence-corrected chi connectivity index (χ2v) is 5.63. The van der Waals surface area contributed by atoms with Crippen LogP contribution in [0, 0.1) is 6.92 Å². The third kappa shape index (κ3) is 2.24. The topological polar surface area (TPSA) is 62.6 Å². The molecule has 0 saturated carbocycles. The van der Waals surface area contributed by atoms with Gasteiger partial charge < -0.3 is 9.73 Å². The Morgan fingerprint density at radius 2 is 2.06 bits per heavy atom. The molecule has 1 aliphatic heterocycles. The van der Waals surface area contributed by atoms with E-state index in [1.807, 2.05) is 0 Å². The molecule has 1 fully saturated rings. The van der Waals surface area contributed by atoms with Crippen molar-refractivity contribution >= 4 is 22.4 Å². The largest absolute Gasteiger partial charge is 0.449 e. The van der Waals surface area contributed by atoms with Crippen molar-refractivity contribution in [3.8, 4) is 0 Å². The van der Waals surface area contributed by atoms with Gasteiger partial charge in [-0.2, -0.15) is 4.31 Å². The first-order valence-electron chi connectivity index (χ1n) is 4.77. The van der Waals surface area contributed by atoms with Gasteiger partial charge in [0.2, 0.25) is 5.09 Å². The lowest BCUT2D eigenvalue weighted by Gasteiger charge is -2.33. The van der Waals surface area contributed by atoms with Crippen LogP contribution in [-0.2, 0) is 10.0 Å². The molecule has 0 aromatic carbocycles. The summed E-state index contributed by atoms with van der Waals surface area (Å²) in [6.07, 6.45) is 0. The first-order chi connectivity index (χ1) is 7.01. The second-order valence-electron chi connectivity index (χ2n) is 3.70. The summed E-state index contributed by atoms with van der Waals surface area (Å²) in [6.45, 7) is 3.13. The number of sulfonamides is 1. The molecule has 0 amide bonds. The van der Waals surface area contributed by atoms with Gasteiger partial charge in [0.15, 0.2) is 0 Å². The van der Waals surface area contributed by atoms with Crippen molar-refractivity contribution in [3.05, 3.63) is 17.9 Å². The fourth-order valence-electron chi connectivity index (χ4n) is 1.42. The quantitative estimate of drug-likeness (QED) is 0.870. The third-order valence-corrected chi connectivity index (χ3v) is 4.41. The highest BCUT2D eigenvalue weighted by atomic mass is 35.5. The number of nitrogens with one attached hydrogen (secondary N) is 1. The zero-order valence-electron chi connectivity index (χ0n) is 9.13. The molecular formula is C9H15ClN2O3S. The molecule has 0 unspecified atom stereocenters. The summed E-state index contributed by atoms with van der Waals surface area (Å²) in [4.78, 5) is 0. The molecule has 0 atom stereocenters. The minimum atomic E-state index is -3.45. The number of rotatable bonds is 3. The van der Waals surface area contributed by atoms with E-state index in [4.69, 9.17) is 4.42 Å². The third-order valence-electron chi connectivity index (χ3n) is 2.62. The molecule has 0 radical (unpaired) electrons. The number of furan rings is 1. The van der Waals surface area contributed by atoms with Crippen LogP contribution in [0.3, 0.4) is 0 Å². The highest BCUT2D eigenvalue weighted by Gasteiger charge is 2.33. The molecule has 1 aromatic heterocycles. The van der Waals surface area contributed by atoms with Crippen LogP contribution in [-0.4, -0.2) is 38.9 Å². The van der Waals surface area contributed by atoms with Crippen molar-refractivity contribution < 1.29 is 12.8 Å². The van der Waals surface area contributed by atoms with Gasteiger partial charge in [-0.25, -0.2) is 8.42 Å². The average molecular weight is 267 g/mol. The van der Waals surface area contributed by atoms with Crippen molar-refractivity contribution in [2.45, 2.75) is 18.1 Å². The van der Waals surface area contributed by atoms with Crippen LogP contribution in [0.15, 0.2) is 21.6 Å². The normalized spacial score (nSPS) is 16.9. The Morgan fingerprint density at radius 3 is 2.44 bits per heavy atom. The van der Waals surface area contributed by atoms with Crippen LogP contribution in [0.5, 0.6) is 0 Å². The molecule has 5 nitrogen and oxygen atoms in total. The summed E-state index contributed by atoms with van der Waals surface area (Å²) in [5.74, 6) is 0.605. The van der Waals surface area contributed by atoms with E-state index in [9.17, 15) is 8.42 Å². The van der Waals surface area contributed by atoms with Gasteiger partial charge in [-0.1, -0.05) is 0 Å². The van der Waals surface area contributed by atoms with Crippen LogP contribution in [0.4, 0.5) is 0 Å². The SMILES string of the molecule is Cc1ccc(S(=O)(=O)N(C)C2CNC2)o1.Cl. The van der Waals surface area contributed by atoms with E-state index in [-0.39, 0.29) is 23.5 Å². The van der Waals surface area contributed by atoms with E-state index < -0.39 is 10.0 Å². The van der Waals surface area contributed by atoms with Gasteiger partial charge in [-0.05, 0) is 19.1 Å². The average Bonchev–Trinajstić information content (AvgIpc) is 2.49. The molecule has 2 rings (SSSR count). The zero-order valence-corrected chi connectivity index (χ0v) is 10.8. The van der Waals surface area contributed by atoms with Crippen molar-refractivity contribution in [3.63, 3.8) is 0 Å². The minimum absolute atomic E-state index is 0. The summed E-state index contributed by atoms with van der Waals surface area (Å²) >= 11 is 0. The van der Waals surface area contributed by atoms with E-state index >= 15 is 0 Å². The van der Waals surface area contributed by atoms with Gasteiger partial charge in [-0.3, -0.25) is 0 Å². The summed E-state index contributed by atoms with van der Waals surface area (Å²) in [5, 5.41) is 3.06. The standard InChI is InChI=1S/C9H14N2O3S.ClH/c1-7-3-4-9(14-7)15(12,13)11(2)8-5-10-6-8;/h3-4,8,10H,5-6H2,1-2H3;1H. The van der Waals surface area contributed by atoms with Crippen molar-refractivity contribution in [2.75, 3.05) is 20.1 Å². The minimum Gasteiger partial charge on any atom is -0.449 e. The highest BCUT2D eigenvalue weighted by molar-refractivity contribution is 7.89. The van der Waals surface area contributed by atoms with E-state index in [2.05, 4.69) is 5.32 Å². The molecule has 1 N–H and O–H groups in total. The Bertz CT molecular complexity index is 453. The number of hydrogen-bond donors (Lipinski definition) is 1. The molecule has 16 heavy (non-hydrogen) atoms. The Labute approximate surface area is 101 Å². The smallest absolute Gasteiger partial charge is 0.276 e. The molecule has 1 aliphatic rings. The number of halogens is 1. The Morgan fingerprint density at radius 1 is 1.44 bits per heavy atom.